The maximum atomic E-state index is 5.25. The van der Waals surface area contributed by atoms with Gasteiger partial charge in [0.05, 0.1) is 0 Å². The van der Waals surface area contributed by atoms with Crippen molar-refractivity contribution in [3.05, 3.63) is 49.2 Å². The molecule has 0 aliphatic rings. The normalized spacial score (nSPS) is 8.31. The molecule has 0 saturated carbocycles. The smallest absolute Gasteiger partial charge is 0.123 e. The second-order valence-corrected chi connectivity index (χ2v) is 2.15. The van der Waals surface area contributed by atoms with Crippen LogP contribution < -0.4 is 5.73 Å². The summed E-state index contributed by atoms with van der Waals surface area (Å²) >= 11 is 0. The summed E-state index contributed by atoms with van der Waals surface area (Å²) in [6.45, 7) is 0. The molecule has 2 rings (SSSR count). The van der Waals surface area contributed by atoms with Crippen LogP contribution >= 0.6 is 0 Å². The van der Waals surface area contributed by atoms with Gasteiger partial charge in [-0.2, -0.15) is 0 Å². The molecule has 2 heterocycles. The third kappa shape index (κ3) is 4.47. The molecule has 4 nitrogen and oxygen atoms in total. The number of nitrogen functional groups attached to an aromatic ring is 1. The van der Waals surface area contributed by atoms with E-state index < -0.39 is 0 Å². The molecule has 66 valence electrons. The molecular formula is C9H10N4. The lowest BCUT2D eigenvalue weighted by molar-refractivity contribution is 1.20. The Morgan fingerprint density at radius 3 is 1.69 bits per heavy atom. The van der Waals surface area contributed by atoms with E-state index in [9.17, 15) is 0 Å². The van der Waals surface area contributed by atoms with Crippen LogP contribution in [0.25, 0.3) is 0 Å². The van der Waals surface area contributed by atoms with Gasteiger partial charge in [0.15, 0.2) is 0 Å². The Morgan fingerprint density at radius 1 is 0.846 bits per heavy atom. The molecule has 0 fully saturated rings. The first-order valence-corrected chi connectivity index (χ1v) is 3.76. The van der Waals surface area contributed by atoms with Gasteiger partial charge >= 0.3 is 0 Å². The number of nitrogens with zero attached hydrogens (tertiary/aromatic N) is 3. The SMILES string of the molecule is Nc1ccccn1.c1cnccn1. The molecule has 0 amide bonds. The molecule has 0 radical (unpaired) electrons. The first kappa shape index (κ1) is 9.12. The number of hydrogen-bond donors (Lipinski definition) is 1. The quantitative estimate of drug-likeness (QED) is 0.650. The fourth-order valence-corrected chi connectivity index (χ4v) is 0.629. The van der Waals surface area contributed by atoms with Gasteiger partial charge < -0.3 is 5.73 Å². The highest BCUT2D eigenvalue weighted by Crippen LogP contribution is 1.89. The molecule has 0 aliphatic carbocycles. The van der Waals surface area contributed by atoms with Gasteiger partial charge in [-0.15, -0.1) is 0 Å². The molecule has 0 bridgehead atoms. The van der Waals surface area contributed by atoms with Crippen molar-refractivity contribution in [1.29, 1.82) is 0 Å². The average Bonchev–Trinajstić information content (AvgIpc) is 2.22. The van der Waals surface area contributed by atoms with E-state index in [1.807, 2.05) is 12.1 Å². The second kappa shape index (κ2) is 5.65. The van der Waals surface area contributed by atoms with Crippen molar-refractivity contribution in [2.75, 3.05) is 5.73 Å². The summed E-state index contributed by atoms with van der Waals surface area (Å²) in [6, 6.07) is 5.43. The number of hydrogen-bond acceptors (Lipinski definition) is 4. The van der Waals surface area contributed by atoms with Gasteiger partial charge in [0.1, 0.15) is 5.82 Å². The molecular weight excluding hydrogens is 164 g/mol. The number of anilines is 1. The standard InChI is InChI=1S/C5H6N2.C4H4N2/c6-5-3-1-2-4-7-5;1-2-6-4-3-5-1/h1-4H,(H2,6,7);1-4H. The van der Waals surface area contributed by atoms with Crippen molar-refractivity contribution in [2.45, 2.75) is 0 Å². The van der Waals surface area contributed by atoms with Gasteiger partial charge in [0, 0.05) is 31.0 Å². The highest BCUT2D eigenvalue weighted by atomic mass is 14.8. The van der Waals surface area contributed by atoms with E-state index in [1.165, 1.54) is 0 Å². The van der Waals surface area contributed by atoms with Gasteiger partial charge in [0.2, 0.25) is 0 Å². The third-order valence-corrected chi connectivity index (χ3v) is 1.17. The van der Waals surface area contributed by atoms with Gasteiger partial charge in [-0.3, -0.25) is 9.97 Å². The Bertz CT molecular complexity index is 282. The van der Waals surface area contributed by atoms with Crippen LogP contribution in [0.5, 0.6) is 0 Å². The summed E-state index contributed by atoms with van der Waals surface area (Å²) in [5, 5.41) is 0. The minimum Gasteiger partial charge on any atom is -0.384 e. The van der Waals surface area contributed by atoms with Gasteiger partial charge in [-0.05, 0) is 12.1 Å². The van der Waals surface area contributed by atoms with E-state index in [1.54, 1.807) is 37.1 Å². The number of nitrogens with two attached hydrogens (primary N) is 1. The maximum absolute atomic E-state index is 5.25. The van der Waals surface area contributed by atoms with Crippen LogP contribution in [0.3, 0.4) is 0 Å². The molecule has 0 spiro atoms. The molecule has 2 N–H and O–H groups in total. The van der Waals surface area contributed by atoms with Crippen LogP contribution in [-0.2, 0) is 0 Å². The molecule has 0 atom stereocenters. The molecule has 0 aromatic carbocycles. The molecule has 4 heteroatoms. The summed E-state index contributed by atoms with van der Waals surface area (Å²) in [7, 11) is 0. The van der Waals surface area contributed by atoms with Crippen molar-refractivity contribution in [3.8, 4) is 0 Å². The number of rotatable bonds is 0. The summed E-state index contributed by atoms with van der Waals surface area (Å²) in [6.07, 6.45) is 8.22. The molecule has 0 saturated heterocycles. The van der Waals surface area contributed by atoms with Crippen LogP contribution in [0.4, 0.5) is 5.82 Å². The van der Waals surface area contributed by atoms with Crippen molar-refractivity contribution < 1.29 is 0 Å². The Balaban J connectivity index is 0.000000132. The minimum absolute atomic E-state index is 0.572. The molecule has 2 aromatic rings. The fraction of sp³-hybridized carbons (Fsp3) is 0. The predicted octanol–water partition coefficient (Wildman–Crippen LogP) is 1.14. The number of aromatic nitrogens is 3. The Morgan fingerprint density at radius 2 is 1.46 bits per heavy atom. The van der Waals surface area contributed by atoms with Crippen molar-refractivity contribution in [1.82, 2.24) is 15.0 Å². The Labute approximate surface area is 76.5 Å². The Kier molecular flexibility index (Phi) is 3.96. The molecule has 2 aromatic heterocycles. The Hall–Kier alpha value is -1.97. The minimum atomic E-state index is 0.572. The lowest BCUT2D eigenvalue weighted by atomic mass is 10.5. The van der Waals surface area contributed by atoms with Crippen LogP contribution in [0, 0.1) is 0 Å². The highest BCUT2D eigenvalue weighted by molar-refractivity contribution is 5.25. The van der Waals surface area contributed by atoms with E-state index in [4.69, 9.17) is 5.73 Å². The summed E-state index contributed by atoms with van der Waals surface area (Å²) in [5.41, 5.74) is 5.25. The zero-order valence-electron chi connectivity index (χ0n) is 7.04. The summed E-state index contributed by atoms with van der Waals surface area (Å²) in [5.74, 6) is 0.572. The van der Waals surface area contributed by atoms with E-state index in [0.29, 0.717) is 5.82 Å². The zero-order chi connectivity index (χ0) is 9.36. The lowest BCUT2D eigenvalue weighted by Crippen LogP contribution is -1.85. The average molecular weight is 174 g/mol. The van der Waals surface area contributed by atoms with Crippen molar-refractivity contribution in [3.63, 3.8) is 0 Å². The second-order valence-electron chi connectivity index (χ2n) is 2.15. The third-order valence-electron chi connectivity index (χ3n) is 1.17. The lowest BCUT2D eigenvalue weighted by Gasteiger charge is -1.82. The molecule has 0 unspecified atom stereocenters. The highest BCUT2D eigenvalue weighted by Gasteiger charge is 1.73. The van der Waals surface area contributed by atoms with E-state index >= 15 is 0 Å². The van der Waals surface area contributed by atoms with Gasteiger partial charge in [-0.1, -0.05) is 6.07 Å². The van der Waals surface area contributed by atoms with E-state index in [-0.39, 0.29) is 0 Å². The van der Waals surface area contributed by atoms with E-state index in [0.717, 1.165) is 0 Å². The van der Waals surface area contributed by atoms with Crippen LogP contribution in [0.2, 0.25) is 0 Å². The van der Waals surface area contributed by atoms with Crippen molar-refractivity contribution >= 4 is 5.82 Å². The largest absolute Gasteiger partial charge is 0.384 e. The zero-order valence-corrected chi connectivity index (χ0v) is 7.04. The predicted molar refractivity (Wildman–Crippen MR) is 50.7 cm³/mol. The molecule has 13 heavy (non-hydrogen) atoms. The maximum Gasteiger partial charge on any atom is 0.123 e. The topological polar surface area (TPSA) is 64.7 Å². The first-order valence-electron chi connectivity index (χ1n) is 3.76. The van der Waals surface area contributed by atoms with Crippen LogP contribution in [-0.4, -0.2) is 15.0 Å². The molecule has 0 aliphatic heterocycles. The van der Waals surface area contributed by atoms with Crippen molar-refractivity contribution in [2.24, 2.45) is 0 Å². The number of pyridine rings is 1. The first-order chi connectivity index (χ1) is 6.39. The van der Waals surface area contributed by atoms with Crippen LogP contribution in [0.1, 0.15) is 0 Å². The van der Waals surface area contributed by atoms with Gasteiger partial charge in [-0.25, -0.2) is 4.98 Å². The van der Waals surface area contributed by atoms with Gasteiger partial charge in [0.25, 0.3) is 0 Å². The monoisotopic (exact) mass is 174 g/mol. The fourth-order valence-electron chi connectivity index (χ4n) is 0.629. The van der Waals surface area contributed by atoms with Crippen LogP contribution in [0.15, 0.2) is 49.2 Å². The summed E-state index contributed by atoms with van der Waals surface area (Å²) in [4.78, 5) is 11.2. The summed E-state index contributed by atoms with van der Waals surface area (Å²) < 4.78 is 0. The van der Waals surface area contributed by atoms with E-state index in [2.05, 4.69) is 15.0 Å².